The molecule has 4 nitrogen and oxygen atoms in total. The number of hydrogen-bond donors (Lipinski definition) is 1. The highest BCUT2D eigenvalue weighted by molar-refractivity contribution is 6.42. The number of nitrogens with zero attached hydrogens (tertiary/aromatic N) is 3. The molecular formula is C15H8Cl2N4. The summed E-state index contributed by atoms with van der Waals surface area (Å²) in [4.78, 5) is 16.5. The van der Waals surface area contributed by atoms with Gasteiger partial charge in [-0.25, -0.2) is 4.98 Å². The van der Waals surface area contributed by atoms with Crippen LogP contribution in [0.3, 0.4) is 0 Å². The molecule has 4 aromatic rings. The quantitative estimate of drug-likeness (QED) is 0.563. The molecule has 21 heavy (non-hydrogen) atoms. The van der Waals surface area contributed by atoms with Gasteiger partial charge in [-0.05, 0) is 24.3 Å². The normalized spacial score (nSPS) is 11.3. The van der Waals surface area contributed by atoms with Crippen LogP contribution in [-0.2, 0) is 0 Å². The van der Waals surface area contributed by atoms with Gasteiger partial charge >= 0.3 is 0 Å². The first-order chi connectivity index (χ1) is 10.2. The monoisotopic (exact) mass is 314 g/mol. The molecule has 1 N–H and O–H groups in total. The Bertz CT molecular complexity index is 934. The zero-order valence-electron chi connectivity index (χ0n) is 10.6. The molecule has 0 radical (unpaired) electrons. The van der Waals surface area contributed by atoms with Crippen molar-refractivity contribution >= 4 is 45.3 Å². The van der Waals surface area contributed by atoms with Crippen molar-refractivity contribution in [3.8, 4) is 11.4 Å². The van der Waals surface area contributed by atoms with Gasteiger partial charge in [0.25, 0.3) is 0 Å². The van der Waals surface area contributed by atoms with Gasteiger partial charge in [-0.3, -0.25) is 9.97 Å². The Hall–Kier alpha value is -2.17. The summed E-state index contributed by atoms with van der Waals surface area (Å²) in [6.45, 7) is 0. The molecule has 2 heterocycles. The van der Waals surface area contributed by atoms with E-state index in [1.807, 2.05) is 18.2 Å². The van der Waals surface area contributed by atoms with E-state index in [2.05, 4.69) is 19.9 Å². The molecule has 0 bridgehead atoms. The second-order valence-corrected chi connectivity index (χ2v) is 5.41. The van der Waals surface area contributed by atoms with Crippen LogP contribution in [0.4, 0.5) is 0 Å². The highest BCUT2D eigenvalue weighted by Gasteiger charge is 2.11. The van der Waals surface area contributed by atoms with E-state index >= 15 is 0 Å². The molecule has 0 atom stereocenters. The Morgan fingerprint density at radius 3 is 2.62 bits per heavy atom. The minimum absolute atomic E-state index is 0.486. The number of aromatic amines is 1. The number of para-hydroxylation sites is 1. The number of aromatic nitrogens is 4. The molecule has 0 aliphatic carbocycles. The standard InChI is InChI=1S/C15H8Cl2N4/c16-9-6-12-13(7-10(9)17)21-15(20-12)8-2-1-3-11-14(8)19-5-4-18-11/h1-7H,(H,20,21). The van der Waals surface area contributed by atoms with Gasteiger partial charge < -0.3 is 4.98 Å². The third-order valence-electron chi connectivity index (χ3n) is 3.28. The smallest absolute Gasteiger partial charge is 0.140 e. The fourth-order valence-corrected chi connectivity index (χ4v) is 2.64. The van der Waals surface area contributed by atoms with Gasteiger partial charge in [0, 0.05) is 18.0 Å². The van der Waals surface area contributed by atoms with Gasteiger partial charge in [-0.1, -0.05) is 29.3 Å². The van der Waals surface area contributed by atoms with Crippen molar-refractivity contribution in [2.24, 2.45) is 0 Å². The Labute approximate surface area is 129 Å². The van der Waals surface area contributed by atoms with Gasteiger partial charge in [0.15, 0.2) is 0 Å². The number of halogens is 2. The average Bonchev–Trinajstić information content (AvgIpc) is 2.90. The van der Waals surface area contributed by atoms with Gasteiger partial charge in [-0.2, -0.15) is 0 Å². The number of fused-ring (bicyclic) bond motifs is 2. The molecule has 2 aromatic carbocycles. The lowest BCUT2D eigenvalue weighted by Gasteiger charge is -2.01. The topological polar surface area (TPSA) is 54.5 Å². The summed E-state index contributed by atoms with van der Waals surface area (Å²) in [5.41, 5.74) is 4.12. The lowest BCUT2D eigenvalue weighted by Crippen LogP contribution is -1.87. The Balaban J connectivity index is 2.00. The molecular weight excluding hydrogens is 307 g/mol. The number of nitrogens with one attached hydrogen (secondary N) is 1. The number of benzene rings is 2. The molecule has 4 rings (SSSR count). The van der Waals surface area contributed by atoms with Crippen LogP contribution in [0.5, 0.6) is 0 Å². The molecule has 0 amide bonds. The molecule has 2 aromatic heterocycles. The summed E-state index contributed by atoms with van der Waals surface area (Å²) in [6.07, 6.45) is 3.34. The third-order valence-corrected chi connectivity index (χ3v) is 4.00. The minimum atomic E-state index is 0.486. The second-order valence-electron chi connectivity index (χ2n) is 4.60. The lowest BCUT2D eigenvalue weighted by atomic mass is 10.1. The summed E-state index contributed by atoms with van der Waals surface area (Å²) in [5.74, 6) is 0.717. The van der Waals surface area contributed by atoms with Crippen LogP contribution in [0.1, 0.15) is 0 Å². The van der Waals surface area contributed by atoms with E-state index in [1.54, 1.807) is 24.5 Å². The van der Waals surface area contributed by atoms with Gasteiger partial charge in [0.2, 0.25) is 0 Å². The number of rotatable bonds is 1. The first-order valence-corrected chi connectivity index (χ1v) is 7.03. The van der Waals surface area contributed by atoms with Crippen LogP contribution < -0.4 is 0 Å². The number of imidazole rings is 1. The van der Waals surface area contributed by atoms with E-state index in [1.165, 1.54) is 0 Å². The highest BCUT2D eigenvalue weighted by atomic mass is 35.5. The van der Waals surface area contributed by atoms with Crippen molar-refractivity contribution in [2.45, 2.75) is 0 Å². The number of hydrogen-bond acceptors (Lipinski definition) is 3. The molecule has 102 valence electrons. The Kier molecular flexibility index (Phi) is 2.80. The highest BCUT2D eigenvalue weighted by Crippen LogP contribution is 2.30. The molecule has 0 saturated carbocycles. The van der Waals surface area contributed by atoms with E-state index in [-0.39, 0.29) is 0 Å². The molecule has 0 aliphatic heterocycles. The molecule has 0 saturated heterocycles. The maximum absolute atomic E-state index is 6.04. The predicted octanol–water partition coefficient (Wildman–Crippen LogP) is 4.48. The lowest BCUT2D eigenvalue weighted by molar-refractivity contribution is 1.27. The van der Waals surface area contributed by atoms with Crippen LogP contribution in [0.25, 0.3) is 33.5 Å². The van der Waals surface area contributed by atoms with Crippen LogP contribution >= 0.6 is 23.2 Å². The Morgan fingerprint density at radius 1 is 0.905 bits per heavy atom. The van der Waals surface area contributed by atoms with Crippen LogP contribution in [-0.4, -0.2) is 19.9 Å². The predicted molar refractivity (Wildman–Crippen MR) is 84.6 cm³/mol. The average molecular weight is 315 g/mol. The summed E-state index contributed by atoms with van der Waals surface area (Å²) in [5, 5.41) is 0.983. The summed E-state index contributed by atoms with van der Waals surface area (Å²) in [7, 11) is 0. The SMILES string of the molecule is Clc1cc2nc(-c3cccc4nccnc34)[nH]c2cc1Cl. The summed E-state index contributed by atoms with van der Waals surface area (Å²) in [6, 6.07) is 9.32. The van der Waals surface area contributed by atoms with Crippen molar-refractivity contribution in [3.63, 3.8) is 0 Å². The maximum Gasteiger partial charge on any atom is 0.140 e. The van der Waals surface area contributed by atoms with Crippen molar-refractivity contribution in [3.05, 3.63) is 52.8 Å². The van der Waals surface area contributed by atoms with E-state index in [0.29, 0.717) is 10.0 Å². The fraction of sp³-hybridized carbons (Fsp3) is 0. The van der Waals surface area contributed by atoms with E-state index in [4.69, 9.17) is 23.2 Å². The molecule has 6 heteroatoms. The van der Waals surface area contributed by atoms with Crippen molar-refractivity contribution < 1.29 is 0 Å². The van der Waals surface area contributed by atoms with Gasteiger partial charge in [0.1, 0.15) is 5.82 Å². The van der Waals surface area contributed by atoms with Crippen LogP contribution in [0, 0.1) is 0 Å². The molecule has 0 aliphatic rings. The van der Waals surface area contributed by atoms with E-state index < -0.39 is 0 Å². The van der Waals surface area contributed by atoms with E-state index in [9.17, 15) is 0 Å². The number of H-pyrrole nitrogens is 1. The van der Waals surface area contributed by atoms with Gasteiger partial charge in [-0.15, -0.1) is 0 Å². The summed E-state index contributed by atoms with van der Waals surface area (Å²) >= 11 is 12.1. The largest absolute Gasteiger partial charge is 0.338 e. The maximum atomic E-state index is 6.04. The van der Waals surface area contributed by atoms with Crippen molar-refractivity contribution in [2.75, 3.05) is 0 Å². The van der Waals surface area contributed by atoms with E-state index in [0.717, 1.165) is 33.5 Å². The second kappa shape index (κ2) is 4.69. The van der Waals surface area contributed by atoms with Crippen LogP contribution in [0.15, 0.2) is 42.7 Å². The minimum Gasteiger partial charge on any atom is -0.338 e. The fourth-order valence-electron chi connectivity index (χ4n) is 2.32. The van der Waals surface area contributed by atoms with Crippen molar-refractivity contribution in [1.29, 1.82) is 0 Å². The third kappa shape index (κ3) is 2.04. The van der Waals surface area contributed by atoms with Crippen LogP contribution in [0.2, 0.25) is 10.0 Å². The zero-order chi connectivity index (χ0) is 14.4. The summed E-state index contributed by atoms with van der Waals surface area (Å²) < 4.78 is 0. The first kappa shape index (κ1) is 12.6. The zero-order valence-corrected chi connectivity index (χ0v) is 12.2. The molecule has 0 spiro atoms. The van der Waals surface area contributed by atoms with Gasteiger partial charge in [0.05, 0.1) is 32.1 Å². The molecule has 0 unspecified atom stereocenters. The molecule has 0 fully saturated rings. The Morgan fingerprint density at radius 2 is 1.71 bits per heavy atom. The first-order valence-electron chi connectivity index (χ1n) is 6.27. The van der Waals surface area contributed by atoms with Crippen molar-refractivity contribution in [1.82, 2.24) is 19.9 Å².